The van der Waals surface area contributed by atoms with Crippen LogP contribution in [-0.2, 0) is 9.47 Å². The lowest BCUT2D eigenvalue weighted by Crippen LogP contribution is -2.41. The van der Waals surface area contributed by atoms with Crippen LogP contribution < -0.4 is 0 Å². The van der Waals surface area contributed by atoms with Crippen LogP contribution in [0.5, 0.6) is 0 Å². The molecule has 42 heavy (non-hydrogen) atoms. The predicted octanol–water partition coefficient (Wildman–Crippen LogP) is 11.0. The summed E-state index contributed by atoms with van der Waals surface area (Å²) in [5.74, 6) is 0. The summed E-state index contributed by atoms with van der Waals surface area (Å²) in [5, 5.41) is 0. The lowest BCUT2D eigenvalue weighted by molar-refractivity contribution is 0.166. The monoisotopic (exact) mass is 568 g/mol. The minimum absolute atomic E-state index is 0.0169. The zero-order valence-corrected chi connectivity index (χ0v) is 28.1. The van der Waals surface area contributed by atoms with Crippen molar-refractivity contribution in [1.29, 1.82) is 0 Å². The Hall–Kier alpha value is -2.42. The zero-order valence-electron chi connectivity index (χ0n) is 28.1. The molecule has 2 heterocycles. The van der Waals surface area contributed by atoms with E-state index in [1.165, 1.54) is 48.0 Å². The maximum Gasteiger partial charge on any atom is 0.121 e. The zero-order chi connectivity index (χ0) is 30.9. The summed E-state index contributed by atoms with van der Waals surface area (Å²) >= 11 is 0. The molecule has 2 nitrogen and oxygen atoms in total. The van der Waals surface area contributed by atoms with Crippen LogP contribution in [0.25, 0.3) is 0 Å². The highest BCUT2D eigenvalue weighted by Crippen LogP contribution is 2.67. The van der Waals surface area contributed by atoms with Gasteiger partial charge in [0.25, 0.3) is 0 Å². The summed E-state index contributed by atoms with van der Waals surface area (Å²) < 4.78 is 12.7. The Labute approximate surface area is 257 Å². The van der Waals surface area contributed by atoms with Crippen LogP contribution in [-0.4, -0.2) is 22.4 Å². The van der Waals surface area contributed by atoms with E-state index in [0.717, 1.165) is 12.8 Å². The van der Waals surface area contributed by atoms with E-state index in [0.29, 0.717) is 0 Å². The normalized spacial score (nSPS) is 36.9. The van der Waals surface area contributed by atoms with Crippen molar-refractivity contribution in [3.8, 4) is 0 Å². The average molecular weight is 569 g/mol. The fourth-order valence-electron chi connectivity index (χ4n) is 7.66. The van der Waals surface area contributed by atoms with Gasteiger partial charge in [0.1, 0.15) is 11.2 Å². The molecule has 0 aromatic rings. The molecule has 228 valence electrons. The van der Waals surface area contributed by atoms with Gasteiger partial charge in [-0.1, -0.05) is 123 Å². The van der Waals surface area contributed by atoms with Crippen molar-refractivity contribution in [2.24, 2.45) is 10.8 Å². The smallest absolute Gasteiger partial charge is 0.121 e. The Bertz CT molecular complexity index is 1200. The minimum Gasteiger partial charge on any atom is -0.358 e. The second-order valence-corrected chi connectivity index (χ2v) is 15.0. The maximum atomic E-state index is 6.34. The molecular weight excluding hydrogens is 512 g/mol. The van der Waals surface area contributed by atoms with E-state index in [9.17, 15) is 0 Å². The molecule has 0 radical (unpaired) electrons. The van der Waals surface area contributed by atoms with Crippen LogP contribution in [0.1, 0.15) is 108 Å². The number of fused-ring (bicyclic) bond motifs is 2. The van der Waals surface area contributed by atoms with Crippen LogP contribution in [0, 0.1) is 10.8 Å². The molecule has 0 bridgehead atoms. The highest BCUT2D eigenvalue weighted by molar-refractivity contribution is 5.37. The summed E-state index contributed by atoms with van der Waals surface area (Å²) in [7, 11) is 0. The molecule has 0 unspecified atom stereocenters. The fourth-order valence-corrected chi connectivity index (χ4v) is 7.66. The van der Waals surface area contributed by atoms with Gasteiger partial charge in [0.05, 0.1) is 11.2 Å². The van der Waals surface area contributed by atoms with E-state index >= 15 is 0 Å². The number of rotatable bonds is 10. The quantitative estimate of drug-likeness (QED) is 0.193. The second-order valence-electron chi connectivity index (χ2n) is 15.0. The molecule has 2 heteroatoms. The molecule has 0 amide bonds. The number of hydrogen-bond donors (Lipinski definition) is 0. The van der Waals surface area contributed by atoms with Crippen molar-refractivity contribution in [1.82, 2.24) is 0 Å². The van der Waals surface area contributed by atoms with Gasteiger partial charge in [-0.2, -0.15) is 0 Å². The summed E-state index contributed by atoms with van der Waals surface area (Å²) in [5.41, 5.74) is 5.11. The summed E-state index contributed by atoms with van der Waals surface area (Å²) in [6.07, 6.45) is 37.8. The van der Waals surface area contributed by atoms with Crippen LogP contribution >= 0.6 is 0 Å². The molecule has 2 aliphatic carbocycles. The van der Waals surface area contributed by atoms with E-state index in [1.54, 1.807) is 0 Å². The first-order chi connectivity index (χ1) is 19.6. The van der Waals surface area contributed by atoms with E-state index < -0.39 is 0 Å². The Morgan fingerprint density at radius 2 is 0.786 bits per heavy atom. The molecule has 2 aliphatic heterocycles. The molecule has 4 fully saturated rings. The Morgan fingerprint density at radius 3 is 1.14 bits per heavy atom. The number of ether oxygens (including phenoxy) is 2. The topological polar surface area (TPSA) is 25.1 Å². The third kappa shape index (κ3) is 6.41. The Morgan fingerprint density at radius 1 is 0.452 bits per heavy atom. The van der Waals surface area contributed by atoms with Gasteiger partial charge in [-0.25, -0.2) is 0 Å². The average Bonchev–Trinajstić information content (AvgIpc) is 3.75. The minimum atomic E-state index is -0.106. The van der Waals surface area contributed by atoms with Crippen LogP contribution in [0.2, 0.25) is 0 Å². The molecule has 4 atom stereocenters. The van der Waals surface area contributed by atoms with Gasteiger partial charge in [0, 0.05) is 10.8 Å². The van der Waals surface area contributed by atoms with Crippen molar-refractivity contribution in [3.05, 3.63) is 107 Å². The third-order valence-corrected chi connectivity index (χ3v) is 10.6. The van der Waals surface area contributed by atoms with Gasteiger partial charge < -0.3 is 9.47 Å². The molecule has 4 rings (SSSR count). The Kier molecular flexibility index (Phi) is 9.23. The van der Waals surface area contributed by atoms with Crippen molar-refractivity contribution in [2.45, 2.75) is 130 Å². The van der Waals surface area contributed by atoms with Gasteiger partial charge in [0.15, 0.2) is 0 Å². The van der Waals surface area contributed by atoms with Crippen molar-refractivity contribution in [3.63, 3.8) is 0 Å². The molecule has 0 spiro atoms. The highest BCUT2D eigenvalue weighted by atomic mass is 16.6. The first-order valence-electron chi connectivity index (χ1n) is 16.1. The van der Waals surface area contributed by atoms with Gasteiger partial charge in [-0.15, -0.1) is 0 Å². The van der Waals surface area contributed by atoms with Gasteiger partial charge in [-0.05, 0) is 92.2 Å². The van der Waals surface area contributed by atoms with Crippen molar-refractivity contribution < 1.29 is 9.47 Å². The number of epoxide rings is 2. The standard InChI is InChI=1S/C40H56O2/c1-31(19-13-21-33(3)23-29-39-35(5,6)25-15-27-37(39,9)41-39)17-11-12-18-32(2)20-14-22-34(4)24-30-40-36(7,8)26-16-28-38(40,10)42-40/h11-14,17-24,29-30H,15-16,25-28H2,1-10H3/b12-11+,19-13+,20-14+,29-23+,30-24+,31-17+,32-18+,33-21+,34-22+/t37-,38+,39+,40-. The summed E-state index contributed by atoms with van der Waals surface area (Å²) in [6, 6.07) is 0. The lowest BCUT2D eigenvalue weighted by Gasteiger charge is -2.36. The van der Waals surface area contributed by atoms with E-state index in [2.05, 4.69) is 154 Å². The summed E-state index contributed by atoms with van der Waals surface area (Å²) in [6.45, 7) is 22.5. The first kappa shape index (κ1) is 32.5. The van der Waals surface area contributed by atoms with Gasteiger partial charge in [-0.3, -0.25) is 0 Å². The van der Waals surface area contributed by atoms with E-state index in [-0.39, 0.29) is 33.2 Å². The van der Waals surface area contributed by atoms with E-state index in [1.807, 2.05) is 0 Å². The molecule has 2 saturated carbocycles. The molecule has 0 aromatic heterocycles. The van der Waals surface area contributed by atoms with Crippen molar-refractivity contribution in [2.75, 3.05) is 0 Å². The molecule has 0 aromatic carbocycles. The molecule has 0 N–H and O–H groups in total. The molecule has 2 saturated heterocycles. The van der Waals surface area contributed by atoms with Gasteiger partial charge in [0.2, 0.25) is 0 Å². The largest absolute Gasteiger partial charge is 0.358 e. The highest BCUT2D eigenvalue weighted by Gasteiger charge is 2.73. The lowest BCUT2D eigenvalue weighted by atomic mass is 9.64. The molecule has 4 aliphatic rings. The van der Waals surface area contributed by atoms with E-state index in [4.69, 9.17) is 9.47 Å². The number of allylic oxidation sites excluding steroid dienone is 16. The first-order valence-corrected chi connectivity index (χ1v) is 16.1. The summed E-state index contributed by atoms with van der Waals surface area (Å²) in [4.78, 5) is 0. The van der Waals surface area contributed by atoms with Gasteiger partial charge >= 0.3 is 0 Å². The fraction of sp³-hybridized carbons (Fsp3) is 0.550. The van der Waals surface area contributed by atoms with Crippen LogP contribution in [0.15, 0.2) is 107 Å². The maximum absolute atomic E-state index is 6.34. The SMILES string of the molecule is CC(/C=C/C=C(C)/C=C/[C@@]12O[C@]1(C)CCCC2(C)C)=C\C=C\C=C(C)\C=C\C=C(C)\C=C\[C@]12O[C@@]1(C)CCCC2(C)C. The Balaban J connectivity index is 1.25. The van der Waals surface area contributed by atoms with Crippen molar-refractivity contribution >= 4 is 0 Å². The molecular formula is C40H56O2. The number of hydrogen-bond acceptors (Lipinski definition) is 2. The second kappa shape index (κ2) is 11.9. The van der Waals surface area contributed by atoms with Crippen LogP contribution in [0.3, 0.4) is 0 Å². The third-order valence-electron chi connectivity index (χ3n) is 10.6. The predicted molar refractivity (Wildman–Crippen MR) is 180 cm³/mol. The van der Waals surface area contributed by atoms with Crippen LogP contribution in [0.4, 0.5) is 0 Å².